The van der Waals surface area contributed by atoms with Crippen LogP contribution in [0.4, 0.5) is 4.53 Å². The molecule has 1 atom stereocenters. The van der Waals surface area contributed by atoms with Crippen LogP contribution in [0.5, 0.6) is 0 Å². The first-order chi connectivity index (χ1) is 3.12. The Bertz CT molecular complexity index is 83.7. The molecular formula is CH4FO4P. The average molecular weight is 130 g/mol. The van der Waals surface area contributed by atoms with Crippen LogP contribution in [0.3, 0.4) is 0 Å². The topological polar surface area (TPSA) is 55.8 Å². The molecule has 6 heteroatoms. The Morgan fingerprint density at radius 2 is 2.29 bits per heavy atom. The van der Waals surface area contributed by atoms with Crippen molar-refractivity contribution in [2.45, 2.75) is 0 Å². The van der Waals surface area contributed by atoms with Crippen LogP contribution in [-0.2, 0) is 13.8 Å². The summed E-state index contributed by atoms with van der Waals surface area (Å²) < 4.78 is 26.4. The van der Waals surface area contributed by atoms with Crippen molar-refractivity contribution in [3.8, 4) is 0 Å². The van der Waals surface area contributed by atoms with Crippen molar-refractivity contribution >= 4 is 7.82 Å². The highest BCUT2D eigenvalue weighted by molar-refractivity contribution is 7.47. The summed E-state index contributed by atoms with van der Waals surface area (Å²) >= 11 is 0. The maximum Gasteiger partial charge on any atom is 0.503 e. The summed E-state index contributed by atoms with van der Waals surface area (Å²) in [5, 5.41) is 0. The zero-order valence-electron chi connectivity index (χ0n) is 3.50. The molecule has 4 nitrogen and oxygen atoms in total. The van der Waals surface area contributed by atoms with Crippen molar-refractivity contribution in [3.63, 3.8) is 0 Å². The summed E-state index contributed by atoms with van der Waals surface area (Å²) in [5.41, 5.74) is 0. The van der Waals surface area contributed by atoms with Gasteiger partial charge in [-0.1, -0.05) is 4.73 Å². The summed E-state index contributed by atoms with van der Waals surface area (Å²) in [5.74, 6) is 0. The lowest BCUT2D eigenvalue weighted by Gasteiger charge is -1.96. The lowest BCUT2D eigenvalue weighted by molar-refractivity contribution is -0.0435. The van der Waals surface area contributed by atoms with Crippen LogP contribution in [0.2, 0.25) is 0 Å². The van der Waals surface area contributed by atoms with Gasteiger partial charge in [0.05, 0.1) is 0 Å². The molecule has 0 aromatic heterocycles. The first-order valence-electron chi connectivity index (χ1n) is 1.31. The van der Waals surface area contributed by atoms with Gasteiger partial charge in [-0.25, -0.2) is 4.57 Å². The van der Waals surface area contributed by atoms with Gasteiger partial charge in [0.2, 0.25) is 0 Å². The molecule has 0 saturated heterocycles. The van der Waals surface area contributed by atoms with Crippen molar-refractivity contribution in [1.82, 2.24) is 0 Å². The van der Waals surface area contributed by atoms with E-state index in [0.717, 1.165) is 7.11 Å². The van der Waals surface area contributed by atoms with Crippen molar-refractivity contribution < 1.29 is 23.2 Å². The molecule has 44 valence electrons. The molecule has 0 fully saturated rings. The molecule has 0 aromatic carbocycles. The third kappa shape index (κ3) is 2.70. The van der Waals surface area contributed by atoms with Gasteiger partial charge in [-0.15, -0.1) is 0 Å². The van der Waals surface area contributed by atoms with Crippen molar-refractivity contribution in [1.29, 1.82) is 0 Å². The summed E-state index contributed by atoms with van der Waals surface area (Å²) in [6, 6.07) is 0. The predicted octanol–water partition coefficient (Wildman–Crippen LogP) is 0.634. The van der Waals surface area contributed by atoms with E-state index in [0.29, 0.717) is 0 Å². The van der Waals surface area contributed by atoms with Crippen molar-refractivity contribution in [3.05, 3.63) is 0 Å². The first kappa shape index (κ1) is 7.04. The van der Waals surface area contributed by atoms with Gasteiger partial charge in [0.15, 0.2) is 0 Å². The molecule has 0 aromatic rings. The SMILES string of the molecule is COP(=O)(O)OF. The second-order valence-corrected chi connectivity index (χ2v) is 2.16. The van der Waals surface area contributed by atoms with Gasteiger partial charge in [0.25, 0.3) is 0 Å². The van der Waals surface area contributed by atoms with Gasteiger partial charge in [0.1, 0.15) is 0 Å². The molecule has 0 saturated carbocycles. The zero-order valence-corrected chi connectivity index (χ0v) is 4.39. The highest BCUT2D eigenvalue weighted by Crippen LogP contribution is 2.41. The highest BCUT2D eigenvalue weighted by atomic mass is 31.2. The van der Waals surface area contributed by atoms with Crippen LogP contribution in [-0.4, -0.2) is 12.0 Å². The maximum atomic E-state index is 10.6. The monoisotopic (exact) mass is 130 g/mol. The number of rotatable bonds is 2. The Kier molecular flexibility index (Phi) is 2.39. The van der Waals surface area contributed by atoms with Gasteiger partial charge in [0, 0.05) is 7.11 Å². The van der Waals surface area contributed by atoms with E-state index in [1.54, 1.807) is 0 Å². The van der Waals surface area contributed by atoms with Crippen LogP contribution in [0.15, 0.2) is 0 Å². The summed E-state index contributed by atoms with van der Waals surface area (Å²) in [4.78, 5) is 7.87. The quantitative estimate of drug-likeness (QED) is 0.557. The van der Waals surface area contributed by atoms with Crippen LogP contribution in [0.1, 0.15) is 0 Å². The van der Waals surface area contributed by atoms with E-state index in [1.165, 1.54) is 0 Å². The number of phosphoric ester groups is 1. The third-order valence-electron chi connectivity index (χ3n) is 0.318. The Hall–Kier alpha value is 0.0400. The molecule has 0 bridgehead atoms. The van der Waals surface area contributed by atoms with Crippen LogP contribution in [0.25, 0.3) is 0 Å². The molecule has 1 unspecified atom stereocenters. The van der Waals surface area contributed by atoms with Gasteiger partial charge in [-0.2, -0.15) is 0 Å². The smallest absolute Gasteiger partial charge is 0.301 e. The molecule has 0 radical (unpaired) electrons. The van der Waals surface area contributed by atoms with Gasteiger partial charge >= 0.3 is 7.82 Å². The van der Waals surface area contributed by atoms with Crippen LogP contribution >= 0.6 is 7.82 Å². The third-order valence-corrected chi connectivity index (χ3v) is 0.954. The van der Waals surface area contributed by atoms with Gasteiger partial charge in [-0.05, 0) is 4.53 Å². The molecule has 0 aliphatic rings. The minimum absolute atomic E-state index is 0.861. The largest absolute Gasteiger partial charge is 0.503 e. The lowest BCUT2D eigenvalue weighted by Crippen LogP contribution is -1.79. The molecule has 0 aliphatic carbocycles. The van der Waals surface area contributed by atoms with Crippen LogP contribution in [0, 0.1) is 0 Å². The first-order valence-corrected chi connectivity index (χ1v) is 2.81. The number of halogens is 1. The van der Waals surface area contributed by atoms with E-state index >= 15 is 0 Å². The summed E-state index contributed by atoms with van der Waals surface area (Å²) in [6.07, 6.45) is 0. The normalized spacial score (nSPS) is 18.7. The molecule has 0 spiro atoms. The standard InChI is InChI=1S/CH4FO4P/c1-5-7(3,4)6-2/h1H3,(H,3,4). The second-order valence-electron chi connectivity index (χ2n) is 0.720. The fraction of sp³-hybridized carbons (Fsp3) is 1.00. The molecule has 7 heavy (non-hydrogen) atoms. The Balaban J connectivity index is 3.61. The van der Waals surface area contributed by atoms with E-state index < -0.39 is 7.82 Å². The van der Waals surface area contributed by atoms with E-state index in [1.807, 2.05) is 0 Å². The minimum Gasteiger partial charge on any atom is -0.301 e. The predicted molar refractivity (Wildman–Crippen MR) is 19.0 cm³/mol. The van der Waals surface area contributed by atoms with E-state index in [2.05, 4.69) is 9.25 Å². The summed E-state index contributed by atoms with van der Waals surface area (Å²) in [7, 11) is -3.46. The Morgan fingerprint density at radius 1 is 1.86 bits per heavy atom. The fourth-order valence-corrected chi connectivity index (χ4v) is 0.0845. The van der Waals surface area contributed by atoms with E-state index in [4.69, 9.17) is 4.89 Å². The molecule has 0 amide bonds. The maximum absolute atomic E-state index is 10.6. The molecular weight excluding hydrogens is 126 g/mol. The highest BCUT2D eigenvalue weighted by Gasteiger charge is 2.18. The minimum atomic E-state index is -4.32. The van der Waals surface area contributed by atoms with E-state index in [9.17, 15) is 9.09 Å². The Labute approximate surface area is 39.4 Å². The molecule has 0 heterocycles. The molecule has 0 aliphatic heterocycles. The zero-order chi connectivity index (χ0) is 5.91. The van der Waals surface area contributed by atoms with Crippen molar-refractivity contribution in [2.24, 2.45) is 0 Å². The van der Waals surface area contributed by atoms with Crippen LogP contribution < -0.4 is 0 Å². The Morgan fingerprint density at radius 3 is 2.29 bits per heavy atom. The van der Waals surface area contributed by atoms with E-state index in [-0.39, 0.29) is 0 Å². The number of phosphoric acid groups is 1. The van der Waals surface area contributed by atoms with Gasteiger partial charge < -0.3 is 4.89 Å². The second kappa shape index (κ2) is 2.37. The van der Waals surface area contributed by atoms with Crippen molar-refractivity contribution in [2.75, 3.05) is 7.11 Å². The number of hydrogen-bond donors (Lipinski definition) is 1. The lowest BCUT2D eigenvalue weighted by atomic mass is 11.8. The summed E-state index contributed by atoms with van der Waals surface area (Å²) in [6.45, 7) is 0. The molecule has 0 rings (SSSR count). The fourth-order valence-electron chi connectivity index (χ4n) is 0.0282. The average Bonchev–Trinajstić information content (AvgIpc) is 1.68. The van der Waals surface area contributed by atoms with Gasteiger partial charge in [-0.3, -0.25) is 4.52 Å². The molecule has 1 N–H and O–H groups in total. The number of hydrogen-bond acceptors (Lipinski definition) is 3.